The highest BCUT2D eigenvalue weighted by Crippen LogP contribution is 2.38. The van der Waals surface area contributed by atoms with Gasteiger partial charge in [0, 0.05) is 109 Å². The average molecular weight is 1530 g/mol. The quantitative estimate of drug-likeness (QED) is 0.0214. The van der Waals surface area contributed by atoms with Crippen molar-refractivity contribution in [3.05, 3.63) is 45.7 Å². The van der Waals surface area contributed by atoms with Gasteiger partial charge in [0.25, 0.3) is 11.8 Å². The predicted octanol–water partition coefficient (Wildman–Crippen LogP) is -5.66. The number of benzene rings is 1. The minimum atomic E-state index is -1.97. The Morgan fingerprint density at radius 2 is 1.01 bits per heavy atom. The van der Waals surface area contributed by atoms with Crippen molar-refractivity contribution < 1.29 is 107 Å². The standard InChI is InChI=1S/C66H98N16O22S2/c1-3-4-6-15-49(85)72-45(63(101)81-20-10-14-47(81)64(102)80-19-9-13-46(80)59(69)97)38-106-57-56(65(103)82(66(57)104)21-18-70-51(87)33-76-22-24-77(34-53(90)91)26-28-79(36-55(94)95)29-27-78(25-23-76)35-54(92)93)105-37-44(62(100)73-42(58(68)96)32-52(88)89)75-61(99)43(31-40-11-7-5-8-12-40)74-60(98)41(16-17-48(67)84)71-50(86)30-39(2)83/h5,7-8,11-12,39,41-47,83H,3-4,6,9-10,13-38H2,1-2H3,(H2,67,84)(H2,68,96)(H2,69,97)(H,70,87)(H,71,86)(H,72,85)(H,73,100)(H,74,98)(H,75,99)(H,88,89)(H,90,91)(H,92,93)(H,94,95)/t39-,41+,42+,43+,44+,45+,46+,47+/m1/s1. The van der Waals surface area contributed by atoms with E-state index in [-0.39, 0.29) is 97.7 Å². The first-order valence-corrected chi connectivity index (χ1v) is 36.8. The van der Waals surface area contributed by atoms with E-state index in [1.165, 1.54) is 16.7 Å². The number of likely N-dealkylation sites (tertiary alicyclic amines) is 2. The van der Waals surface area contributed by atoms with Gasteiger partial charge in [-0.1, -0.05) is 50.1 Å². The van der Waals surface area contributed by atoms with Crippen molar-refractivity contribution in [1.29, 1.82) is 0 Å². The molecule has 4 aliphatic rings. The van der Waals surface area contributed by atoms with E-state index in [9.17, 15) is 97.5 Å². The van der Waals surface area contributed by atoms with Gasteiger partial charge in [0.1, 0.15) is 42.3 Å². The van der Waals surface area contributed by atoms with E-state index in [4.69, 9.17) is 17.2 Å². The van der Waals surface area contributed by atoms with Crippen LogP contribution in [0.3, 0.4) is 0 Å². The predicted molar refractivity (Wildman–Crippen MR) is 379 cm³/mol. The fourth-order valence-electron chi connectivity index (χ4n) is 12.2. The summed E-state index contributed by atoms with van der Waals surface area (Å²) in [5.74, 6) is -18.3. The number of nitrogens with zero attached hydrogens (tertiary/aromatic N) is 7. The number of amides is 13. The highest BCUT2D eigenvalue weighted by atomic mass is 32.2. The van der Waals surface area contributed by atoms with Gasteiger partial charge in [-0.25, -0.2) is 0 Å². The van der Waals surface area contributed by atoms with Crippen LogP contribution < -0.4 is 49.1 Å². The molecule has 1 aromatic carbocycles. The van der Waals surface area contributed by atoms with E-state index >= 15 is 9.59 Å². The molecule has 13 amide bonds. The topological polar surface area (TPSA) is 564 Å². The largest absolute Gasteiger partial charge is 0.481 e. The number of rotatable bonds is 42. The third-order valence-corrected chi connectivity index (χ3v) is 20.1. The molecule has 0 radical (unpaired) electrons. The Hall–Kier alpha value is -9.35. The molecule has 17 N–H and O–H groups in total. The molecule has 8 atom stereocenters. The fraction of sp³-hybridized carbons (Fsp3) is 0.621. The highest BCUT2D eigenvalue weighted by molar-refractivity contribution is 8.08. The number of thioether (sulfide) groups is 2. The summed E-state index contributed by atoms with van der Waals surface area (Å²) in [6, 6.07) is -2.68. The molecule has 106 heavy (non-hydrogen) atoms. The highest BCUT2D eigenvalue weighted by Gasteiger charge is 2.45. The lowest BCUT2D eigenvalue weighted by molar-refractivity contribution is -0.147. The molecule has 40 heteroatoms. The lowest BCUT2D eigenvalue weighted by atomic mass is 10.0. The first-order valence-electron chi connectivity index (χ1n) is 34.8. The third-order valence-electron chi connectivity index (χ3n) is 17.6. The summed E-state index contributed by atoms with van der Waals surface area (Å²) in [5.41, 5.74) is 17.0. The molecule has 0 spiro atoms. The van der Waals surface area contributed by atoms with Crippen LogP contribution in [0.25, 0.3) is 0 Å². The molecule has 3 fully saturated rings. The van der Waals surface area contributed by atoms with Crippen molar-refractivity contribution in [2.75, 3.05) is 116 Å². The number of imide groups is 1. The number of carboxylic acids is 4. The van der Waals surface area contributed by atoms with Crippen LogP contribution >= 0.6 is 23.5 Å². The number of aliphatic hydroxyl groups excluding tert-OH is 1. The Kier molecular flexibility index (Phi) is 36.2. The van der Waals surface area contributed by atoms with Crippen LogP contribution in [0.1, 0.15) is 96.5 Å². The molecule has 38 nitrogen and oxygen atoms in total. The maximum absolute atomic E-state index is 15.1. The average Bonchev–Trinajstić information content (AvgIpc) is 1.64. The molecule has 0 bridgehead atoms. The van der Waals surface area contributed by atoms with Crippen LogP contribution in [0.5, 0.6) is 0 Å². The van der Waals surface area contributed by atoms with Crippen LogP contribution in [0.15, 0.2) is 40.1 Å². The molecule has 3 saturated heterocycles. The van der Waals surface area contributed by atoms with Crippen LogP contribution in [-0.4, -0.2) is 325 Å². The maximum atomic E-state index is 15.1. The number of carbonyl (C=O) groups excluding carboxylic acids is 13. The number of nitrogens with one attached hydrogen (secondary N) is 6. The van der Waals surface area contributed by atoms with E-state index in [2.05, 4.69) is 31.9 Å². The van der Waals surface area contributed by atoms with E-state index in [1.807, 2.05) is 6.92 Å². The second-order valence-corrected chi connectivity index (χ2v) is 28.1. The van der Waals surface area contributed by atoms with Crippen LogP contribution in [0, 0.1) is 0 Å². The third kappa shape index (κ3) is 29.2. The smallest absolute Gasteiger partial charge is 0.317 e. The number of aliphatic hydroxyl groups is 1. The fourth-order valence-corrected chi connectivity index (χ4v) is 14.6. The summed E-state index contributed by atoms with van der Waals surface area (Å²) < 4.78 is 0. The Balaban J connectivity index is 1.54. The number of primary amides is 3. The van der Waals surface area contributed by atoms with Crippen molar-refractivity contribution in [3.8, 4) is 0 Å². The molecule has 0 aliphatic carbocycles. The number of carboxylic acid groups (broad SMARTS) is 4. The van der Waals surface area contributed by atoms with Gasteiger partial charge in [-0.15, -0.1) is 23.5 Å². The van der Waals surface area contributed by atoms with Crippen molar-refractivity contribution in [2.24, 2.45) is 17.2 Å². The van der Waals surface area contributed by atoms with Crippen molar-refractivity contribution in [3.63, 3.8) is 0 Å². The molecule has 4 heterocycles. The molecular formula is C66H98N16O22S2. The van der Waals surface area contributed by atoms with E-state index in [0.29, 0.717) is 66.1 Å². The lowest BCUT2D eigenvalue weighted by Gasteiger charge is -2.32. The van der Waals surface area contributed by atoms with Crippen molar-refractivity contribution in [1.82, 2.24) is 66.2 Å². The molecule has 586 valence electrons. The summed E-state index contributed by atoms with van der Waals surface area (Å²) in [5, 5.41) is 63.7. The summed E-state index contributed by atoms with van der Waals surface area (Å²) >= 11 is 1.08. The van der Waals surface area contributed by atoms with Gasteiger partial charge in [-0.05, 0) is 51.0 Å². The number of hydrogen-bond acceptors (Lipinski definition) is 24. The second kappa shape index (κ2) is 43.9. The molecule has 0 aromatic heterocycles. The normalized spacial score (nSPS) is 18.9. The van der Waals surface area contributed by atoms with Gasteiger partial charge in [0.15, 0.2) is 0 Å². The van der Waals surface area contributed by atoms with Gasteiger partial charge in [0.2, 0.25) is 65.0 Å². The molecule has 0 saturated carbocycles. The van der Waals surface area contributed by atoms with Gasteiger partial charge >= 0.3 is 23.9 Å². The monoisotopic (exact) mass is 1530 g/mol. The Morgan fingerprint density at radius 3 is 1.51 bits per heavy atom. The van der Waals surface area contributed by atoms with Gasteiger partial charge in [-0.2, -0.15) is 0 Å². The number of hydrogen-bond donors (Lipinski definition) is 14. The Bertz CT molecular complexity index is 3360. The summed E-state index contributed by atoms with van der Waals surface area (Å²) in [7, 11) is 0. The summed E-state index contributed by atoms with van der Waals surface area (Å²) in [6.07, 6.45) is -0.924. The summed E-state index contributed by atoms with van der Waals surface area (Å²) in [4.78, 5) is 237. The lowest BCUT2D eigenvalue weighted by Crippen LogP contribution is -2.59. The molecule has 5 rings (SSSR count). The minimum absolute atomic E-state index is 0.0293. The zero-order valence-corrected chi connectivity index (χ0v) is 60.9. The zero-order chi connectivity index (χ0) is 78.3. The zero-order valence-electron chi connectivity index (χ0n) is 59.3. The molecule has 0 unspecified atom stereocenters. The van der Waals surface area contributed by atoms with E-state index in [1.54, 1.807) is 49.9 Å². The Labute approximate surface area is 619 Å². The second-order valence-electron chi connectivity index (χ2n) is 26.1. The maximum Gasteiger partial charge on any atom is 0.317 e. The number of aliphatic carboxylic acids is 4. The van der Waals surface area contributed by atoms with E-state index < -0.39 is 222 Å². The van der Waals surface area contributed by atoms with Crippen molar-refractivity contribution >= 4 is 124 Å². The van der Waals surface area contributed by atoms with Crippen molar-refractivity contribution in [2.45, 2.75) is 146 Å². The van der Waals surface area contributed by atoms with Gasteiger partial charge < -0.3 is 84.4 Å². The summed E-state index contributed by atoms with van der Waals surface area (Å²) in [6.45, 7) is 1.35. The van der Waals surface area contributed by atoms with Crippen LogP contribution in [-0.2, 0) is 87.9 Å². The minimum Gasteiger partial charge on any atom is -0.481 e. The molecular weight excluding hydrogens is 1430 g/mol. The Morgan fingerprint density at radius 1 is 0.528 bits per heavy atom. The molecule has 1 aromatic rings. The van der Waals surface area contributed by atoms with Gasteiger partial charge in [0.05, 0.1) is 54.9 Å². The SMILES string of the molecule is CCCCCC(=O)N[C@@H](CSC1=C(SC[C@H](NC(=O)[C@H](Cc2ccccc2)NC(=O)[C@H](CCC(N)=O)NC(=O)C[C@@H](C)O)C(=O)N[C@@H](CC(=O)O)C(N)=O)C(=O)N(CCNC(=O)CN2CCN(CC(=O)O)CCN(CC(=O)O)CCN(CC(=O)O)CC2)C1=O)C(=O)N1CCC[C@H]1C(=O)N1CCC[C@H]1C(N)=O. The van der Waals surface area contributed by atoms with Crippen LogP contribution in [0.2, 0.25) is 0 Å². The molecule has 4 aliphatic heterocycles. The number of carbonyl (C=O) groups is 17. The first kappa shape index (κ1) is 87.3. The number of nitrogens with two attached hydrogens (primary N) is 3. The number of unbranched alkanes of at least 4 members (excludes halogenated alkanes) is 2. The van der Waals surface area contributed by atoms with Gasteiger partial charge in [-0.3, -0.25) is 106 Å². The van der Waals surface area contributed by atoms with E-state index in [0.717, 1.165) is 6.42 Å². The first-order chi connectivity index (χ1) is 50.2. The van der Waals surface area contributed by atoms with Crippen LogP contribution in [0.4, 0.5) is 0 Å².